The summed E-state index contributed by atoms with van der Waals surface area (Å²) in [4.78, 5) is 0. The Balaban J connectivity index is 2.69. The molecule has 43 valence electrons. The highest BCUT2D eigenvalue weighted by molar-refractivity contribution is 5.27. The molecule has 0 aromatic rings. The van der Waals surface area contributed by atoms with Crippen LogP contribution in [0.5, 0.6) is 0 Å². The Hall–Kier alpha value is -0.790. The first kappa shape index (κ1) is 5.35. The summed E-state index contributed by atoms with van der Waals surface area (Å²) in [6.45, 7) is 0. The molecule has 0 heterocycles. The first-order valence-electron chi connectivity index (χ1n) is 2.45. The molecule has 0 bridgehead atoms. The van der Waals surface area contributed by atoms with E-state index in [0.717, 1.165) is 0 Å². The van der Waals surface area contributed by atoms with Crippen molar-refractivity contribution in [3.8, 4) is 0 Å². The van der Waals surface area contributed by atoms with E-state index in [4.69, 9.17) is 5.73 Å². The molecule has 0 atom stereocenters. The van der Waals surface area contributed by atoms with E-state index < -0.39 is 0 Å². The Morgan fingerprint density at radius 2 is 2.38 bits per heavy atom. The third-order valence-electron chi connectivity index (χ3n) is 0.971. The van der Waals surface area contributed by atoms with E-state index in [1.807, 2.05) is 0 Å². The van der Waals surface area contributed by atoms with Crippen LogP contribution >= 0.6 is 0 Å². The van der Waals surface area contributed by atoms with Crippen molar-refractivity contribution in [1.82, 2.24) is 0 Å². The second-order valence-corrected chi connectivity index (χ2v) is 1.67. The van der Waals surface area contributed by atoms with Gasteiger partial charge in [0.15, 0.2) is 0 Å². The fraction of sp³-hybridized carbons (Fsp3) is 0.167. The van der Waals surface area contributed by atoms with Gasteiger partial charge in [0.1, 0.15) is 5.83 Å². The lowest BCUT2D eigenvalue weighted by Crippen LogP contribution is -2.00. The fourth-order valence-electron chi connectivity index (χ4n) is 0.585. The minimum absolute atomic E-state index is 0.231. The van der Waals surface area contributed by atoms with E-state index in [1.165, 1.54) is 12.2 Å². The molecule has 2 heteroatoms. The Morgan fingerprint density at radius 1 is 1.62 bits per heavy atom. The number of hydrogen-bond acceptors (Lipinski definition) is 1. The number of rotatable bonds is 0. The summed E-state index contributed by atoms with van der Waals surface area (Å²) in [6, 6.07) is 0. The number of allylic oxidation sites excluding steroid dienone is 4. The van der Waals surface area contributed by atoms with Crippen molar-refractivity contribution in [3.05, 3.63) is 30.1 Å². The minimum atomic E-state index is -0.231. The summed E-state index contributed by atoms with van der Waals surface area (Å²) >= 11 is 0. The summed E-state index contributed by atoms with van der Waals surface area (Å²) < 4.78 is 12.1. The number of halogens is 1. The smallest absolute Gasteiger partial charge is 0.120 e. The zero-order valence-electron chi connectivity index (χ0n) is 4.39. The van der Waals surface area contributed by atoms with Crippen molar-refractivity contribution in [3.63, 3.8) is 0 Å². The zero-order valence-corrected chi connectivity index (χ0v) is 4.39. The third kappa shape index (κ3) is 1.09. The first-order valence-corrected chi connectivity index (χ1v) is 2.45. The summed E-state index contributed by atoms with van der Waals surface area (Å²) in [6.07, 6.45) is 5.18. The van der Waals surface area contributed by atoms with E-state index in [2.05, 4.69) is 0 Å². The first-order chi connectivity index (χ1) is 3.79. The van der Waals surface area contributed by atoms with Crippen LogP contribution in [0.2, 0.25) is 0 Å². The van der Waals surface area contributed by atoms with Gasteiger partial charge in [0.2, 0.25) is 0 Å². The van der Waals surface area contributed by atoms with Crippen LogP contribution in [0.3, 0.4) is 0 Å². The summed E-state index contributed by atoms with van der Waals surface area (Å²) in [5.74, 6) is -0.231. The van der Waals surface area contributed by atoms with Crippen molar-refractivity contribution in [2.75, 3.05) is 0 Å². The molecule has 0 saturated carbocycles. The standard InChI is InChI=1S/C6H7FN/c7-5-2-1-3-6(8)4-5/h2-4H,1,8H2. The molecule has 0 saturated heterocycles. The lowest BCUT2D eigenvalue weighted by atomic mass is 10.1. The normalized spacial score (nSPS) is 19.6. The SMILES string of the molecule is NC1=CC(F)=CC[CH]1. The van der Waals surface area contributed by atoms with Gasteiger partial charge in [-0.2, -0.15) is 0 Å². The van der Waals surface area contributed by atoms with Crippen molar-refractivity contribution < 1.29 is 4.39 Å². The van der Waals surface area contributed by atoms with Crippen molar-refractivity contribution in [2.45, 2.75) is 6.42 Å². The van der Waals surface area contributed by atoms with Crippen LogP contribution in [-0.2, 0) is 0 Å². The van der Waals surface area contributed by atoms with E-state index in [1.54, 1.807) is 6.42 Å². The highest BCUT2D eigenvalue weighted by Gasteiger charge is 1.99. The van der Waals surface area contributed by atoms with Gasteiger partial charge >= 0.3 is 0 Å². The molecule has 0 aliphatic heterocycles. The third-order valence-corrected chi connectivity index (χ3v) is 0.971. The van der Waals surface area contributed by atoms with E-state index in [9.17, 15) is 4.39 Å². The predicted molar refractivity (Wildman–Crippen MR) is 30.4 cm³/mol. The van der Waals surface area contributed by atoms with Gasteiger partial charge in [-0.15, -0.1) is 0 Å². The van der Waals surface area contributed by atoms with Crippen LogP contribution in [0.4, 0.5) is 4.39 Å². The Labute approximate surface area is 47.7 Å². The molecule has 8 heavy (non-hydrogen) atoms. The molecular weight excluding hydrogens is 105 g/mol. The van der Waals surface area contributed by atoms with Gasteiger partial charge in [0.25, 0.3) is 0 Å². The maximum Gasteiger partial charge on any atom is 0.120 e. The van der Waals surface area contributed by atoms with Crippen LogP contribution in [0.25, 0.3) is 0 Å². The molecule has 0 aromatic carbocycles. The lowest BCUT2D eigenvalue weighted by molar-refractivity contribution is 0.655. The molecule has 1 nitrogen and oxygen atoms in total. The molecule has 0 unspecified atom stereocenters. The zero-order chi connectivity index (χ0) is 5.98. The Kier molecular flexibility index (Phi) is 1.33. The second-order valence-electron chi connectivity index (χ2n) is 1.67. The summed E-state index contributed by atoms with van der Waals surface area (Å²) in [7, 11) is 0. The largest absolute Gasteiger partial charge is 0.402 e. The van der Waals surface area contributed by atoms with Crippen LogP contribution in [0.1, 0.15) is 6.42 Å². The molecule has 0 amide bonds. The topological polar surface area (TPSA) is 26.0 Å². The van der Waals surface area contributed by atoms with E-state index >= 15 is 0 Å². The van der Waals surface area contributed by atoms with Crippen molar-refractivity contribution >= 4 is 0 Å². The van der Waals surface area contributed by atoms with E-state index in [0.29, 0.717) is 12.1 Å². The molecule has 1 radical (unpaired) electrons. The molecule has 0 aromatic heterocycles. The summed E-state index contributed by atoms with van der Waals surface area (Å²) in [5, 5.41) is 0. The summed E-state index contributed by atoms with van der Waals surface area (Å²) in [5.41, 5.74) is 5.77. The second kappa shape index (κ2) is 1.99. The average molecular weight is 112 g/mol. The molecule has 1 rings (SSSR count). The molecular formula is C6H7FN. The van der Waals surface area contributed by atoms with Crippen molar-refractivity contribution in [1.29, 1.82) is 0 Å². The van der Waals surface area contributed by atoms with Crippen LogP contribution in [0.15, 0.2) is 23.7 Å². The maximum atomic E-state index is 12.1. The Bertz CT molecular complexity index is 147. The predicted octanol–water partition coefficient (Wildman–Crippen LogP) is 1.29. The quantitative estimate of drug-likeness (QED) is 0.502. The Morgan fingerprint density at radius 3 is 2.75 bits per heavy atom. The maximum absolute atomic E-state index is 12.1. The monoisotopic (exact) mass is 112 g/mol. The highest BCUT2D eigenvalue weighted by atomic mass is 19.1. The van der Waals surface area contributed by atoms with Gasteiger partial charge in [0.05, 0.1) is 0 Å². The van der Waals surface area contributed by atoms with Gasteiger partial charge in [-0.3, -0.25) is 0 Å². The molecule has 0 fully saturated rings. The molecule has 2 N–H and O–H groups in total. The minimum Gasteiger partial charge on any atom is -0.402 e. The number of hydrogen-bond donors (Lipinski definition) is 1. The van der Waals surface area contributed by atoms with E-state index in [-0.39, 0.29) is 5.83 Å². The van der Waals surface area contributed by atoms with Gasteiger partial charge in [-0.1, -0.05) is 0 Å². The number of nitrogens with two attached hydrogens (primary N) is 1. The van der Waals surface area contributed by atoms with Gasteiger partial charge in [-0.25, -0.2) is 4.39 Å². The molecule has 1 aliphatic carbocycles. The van der Waals surface area contributed by atoms with Crippen molar-refractivity contribution in [2.24, 2.45) is 5.73 Å². The lowest BCUT2D eigenvalue weighted by Gasteiger charge is -2.01. The van der Waals surface area contributed by atoms with Crippen LogP contribution in [0, 0.1) is 6.42 Å². The van der Waals surface area contributed by atoms with Gasteiger partial charge in [-0.05, 0) is 18.6 Å². The van der Waals surface area contributed by atoms with Crippen LogP contribution in [-0.4, -0.2) is 0 Å². The van der Waals surface area contributed by atoms with Gasteiger partial charge < -0.3 is 5.73 Å². The molecule has 0 spiro atoms. The van der Waals surface area contributed by atoms with Gasteiger partial charge in [0, 0.05) is 12.1 Å². The van der Waals surface area contributed by atoms with Crippen LogP contribution < -0.4 is 5.73 Å². The highest BCUT2D eigenvalue weighted by Crippen LogP contribution is 2.12. The molecule has 1 aliphatic rings. The fourth-order valence-corrected chi connectivity index (χ4v) is 0.585. The average Bonchev–Trinajstić information content (AvgIpc) is 1.64.